The van der Waals surface area contributed by atoms with Crippen molar-refractivity contribution in [3.63, 3.8) is 0 Å². The van der Waals surface area contributed by atoms with Crippen LogP contribution in [0.1, 0.15) is 4.11 Å². The van der Waals surface area contributed by atoms with Crippen LogP contribution in [0.3, 0.4) is 0 Å². The lowest BCUT2D eigenvalue weighted by atomic mass is 9.84. The van der Waals surface area contributed by atoms with Gasteiger partial charge in [0.25, 0.3) is 0 Å². The molecular weight excluding hydrogens is 593 g/mol. The fourth-order valence-corrected chi connectivity index (χ4v) is 7.46. The molecule has 1 nitrogen and oxygen atoms in total. The van der Waals surface area contributed by atoms with Crippen LogP contribution in [0.15, 0.2) is 186 Å². The van der Waals surface area contributed by atoms with E-state index in [1.165, 1.54) is 0 Å². The molecule has 10 aromatic rings. The van der Waals surface area contributed by atoms with Gasteiger partial charge in [-0.05, 0) is 108 Å². The first kappa shape index (κ1) is 24.7. The Balaban J connectivity index is 1.30. The summed E-state index contributed by atoms with van der Waals surface area (Å²) in [7, 11) is 0. The van der Waals surface area contributed by atoms with Gasteiger partial charge in [-0.2, -0.15) is 0 Å². The maximum atomic E-state index is 9.78. The van der Waals surface area contributed by atoms with E-state index in [1.807, 2.05) is 84.9 Å². The number of benzene rings is 9. The quantitative estimate of drug-likeness (QED) is 0.177. The van der Waals surface area contributed by atoms with Crippen molar-refractivity contribution in [1.29, 1.82) is 0 Å². The Bertz CT molecular complexity index is 2910. The lowest BCUT2D eigenvalue weighted by Gasteiger charge is -2.19. The molecule has 0 aliphatic heterocycles. The Morgan fingerprint density at radius 1 is 0.327 bits per heavy atom. The SMILES string of the molecule is [2H]c1c(-c2ccccc2)c([2H])c(-c2c3ccccc3c(-c3ccc4c(c3)oc3c5ccccc5ccc43)c3ccccc23)c([2H])c1-c1ccccc1. The average Bonchev–Trinajstić information content (AvgIpc) is 3.57. The Kier molecular flexibility index (Phi) is 5.58. The maximum Gasteiger partial charge on any atom is 0.143 e. The molecule has 0 saturated heterocycles. The highest BCUT2D eigenvalue weighted by molar-refractivity contribution is 6.22. The molecule has 0 aliphatic carbocycles. The Morgan fingerprint density at radius 2 is 0.796 bits per heavy atom. The minimum absolute atomic E-state index is 0.180. The molecule has 0 unspecified atom stereocenters. The Labute approximate surface area is 288 Å². The standard InChI is InChI=1S/C48H30O/c1-3-13-31(14-4-1)35-27-36(32-15-5-2-6-16-32)29-37(28-35)47-42-21-11-9-19-40(42)46(41-20-10-12-22-43(41)47)34-24-25-39-44-26-23-33-17-7-8-18-38(33)48(44)49-45(39)30-34/h1-30H/i27D,28D,29D. The van der Waals surface area contributed by atoms with Crippen LogP contribution in [-0.2, 0) is 0 Å². The molecule has 0 amide bonds. The molecule has 0 saturated carbocycles. The first-order valence-corrected chi connectivity index (χ1v) is 16.6. The summed E-state index contributed by atoms with van der Waals surface area (Å²) in [5.74, 6) is 0. The molecule has 0 N–H and O–H groups in total. The molecule has 0 atom stereocenters. The largest absolute Gasteiger partial charge is 0.455 e. The molecule has 1 heterocycles. The van der Waals surface area contributed by atoms with Crippen LogP contribution >= 0.6 is 0 Å². The van der Waals surface area contributed by atoms with Crippen LogP contribution in [0.4, 0.5) is 0 Å². The first-order valence-electron chi connectivity index (χ1n) is 18.1. The van der Waals surface area contributed by atoms with Crippen LogP contribution in [0, 0.1) is 0 Å². The van der Waals surface area contributed by atoms with Gasteiger partial charge in [0, 0.05) is 16.2 Å². The van der Waals surface area contributed by atoms with E-state index in [1.54, 1.807) is 0 Å². The van der Waals surface area contributed by atoms with E-state index in [0.29, 0.717) is 16.7 Å². The zero-order valence-electron chi connectivity index (χ0n) is 29.5. The van der Waals surface area contributed by atoms with Gasteiger partial charge in [0.05, 0.1) is 4.11 Å². The average molecular weight is 626 g/mol. The molecule has 0 aliphatic rings. The van der Waals surface area contributed by atoms with Crippen molar-refractivity contribution in [3.05, 3.63) is 182 Å². The molecule has 1 heteroatoms. The second kappa shape index (κ2) is 11.1. The van der Waals surface area contributed by atoms with Crippen molar-refractivity contribution in [2.24, 2.45) is 0 Å². The van der Waals surface area contributed by atoms with Crippen LogP contribution < -0.4 is 0 Å². The van der Waals surface area contributed by atoms with Gasteiger partial charge in [-0.1, -0.05) is 146 Å². The van der Waals surface area contributed by atoms with Crippen molar-refractivity contribution in [3.8, 4) is 44.5 Å². The number of hydrogen-bond donors (Lipinski definition) is 0. The van der Waals surface area contributed by atoms with Gasteiger partial charge in [0.15, 0.2) is 0 Å². The predicted octanol–water partition coefficient (Wildman–Crippen LogP) is 13.7. The Hall–Kier alpha value is -6.44. The van der Waals surface area contributed by atoms with Gasteiger partial charge >= 0.3 is 0 Å². The predicted molar refractivity (Wildman–Crippen MR) is 208 cm³/mol. The summed E-state index contributed by atoms with van der Waals surface area (Å²) in [5, 5.41) is 8.35. The second-order valence-corrected chi connectivity index (χ2v) is 12.5. The molecule has 228 valence electrons. The van der Waals surface area contributed by atoms with Gasteiger partial charge in [-0.3, -0.25) is 0 Å². The van der Waals surface area contributed by atoms with E-state index >= 15 is 0 Å². The van der Waals surface area contributed by atoms with Gasteiger partial charge in [-0.25, -0.2) is 0 Å². The minimum Gasteiger partial charge on any atom is -0.455 e. The third-order valence-electron chi connectivity index (χ3n) is 9.71. The molecule has 0 fully saturated rings. The van der Waals surface area contributed by atoms with Crippen molar-refractivity contribution >= 4 is 54.3 Å². The van der Waals surface area contributed by atoms with Crippen LogP contribution in [0.2, 0.25) is 0 Å². The van der Waals surface area contributed by atoms with Gasteiger partial charge in [0.1, 0.15) is 11.2 Å². The molecule has 1 aromatic heterocycles. The maximum absolute atomic E-state index is 9.78. The number of rotatable bonds is 4. The molecular formula is C48H30O. The normalized spacial score (nSPS) is 12.5. The fourth-order valence-electron chi connectivity index (χ4n) is 7.46. The highest BCUT2D eigenvalue weighted by Crippen LogP contribution is 2.46. The number of fused-ring (bicyclic) bond motifs is 7. The van der Waals surface area contributed by atoms with Gasteiger partial charge in [-0.15, -0.1) is 0 Å². The van der Waals surface area contributed by atoms with Gasteiger partial charge < -0.3 is 4.42 Å². The van der Waals surface area contributed by atoms with Crippen LogP contribution in [0.25, 0.3) is 98.8 Å². The lowest BCUT2D eigenvalue weighted by Crippen LogP contribution is -1.92. The molecule has 0 bridgehead atoms. The number of furan rings is 1. The van der Waals surface area contributed by atoms with E-state index in [2.05, 4.69) is 78.9 Å². The molecule has 0 spiro atoms. The molecule has 10 rings (SSSR count). The van der Waals surface area contributed by atoms with Gasteiger partial charge in [0.2, 0.25) is 0 Å². The summed E-state index contributed by atoms with van der Waals surface area (Å²) in [6.07, 6.45) is 0. The summed E-state index contributed by atoms with van der Waals surface area (Å²) >= 11 is 0. The molecule has 0 radical (unpaired) electrons. The summed E-state index contributed by atoms with van der Waals surface area (Å²) in [6, 6.07) is 55.7. The number of hydrogen-bond acceptors (Lipinski definition) is 1. The lowest BCUT2D eigenvalue weighted by molar-refractivity contribution is 0.673. The highest BCUT2D eigenvalue weighted by Gasteiger charge is 2.19. The Morgan fingerprint density at radius 3 is 1.39 bits per heavy atom. The third-order valence-corrected chi connectivity index (χ3v) is 9.71. The van der Waals surface area contributed by atoms with E-state index in [0.717, 1.165) is 82.1 Å². The first-order chi connectivity index (χ1) is 25.6. The molecule has 9 aromatic carbocycles. The highest BCUT2D eigenvalue weighted by atomic mass is 16.3. The van der Waals surface area contributed by atoms with E-state index in [9.17, 15) is 4.11 Å². The van der Waals surface area contributed by atoms with Crippen molar-refractivity contribution < 1.29 is 8.53 Å². The van der Waals surface area contributed by atoms with Crippen LogP contribution in [-0.4, -0.2) is 0 Å². The van der Waals surface area contributed by atoms with E-state index < -0.39 is 0 Å². The topological polar surface area (TPSA) is 13.1 Å². The second-order valence-electron chi connectivity index (χ2n) is 12.5. The third kappa shape index (κ3) is 4.47. The van der Waals surface area contributed by atoms with Crippen molar-refractivity contribution in [2.75, 3.05) is 0 Å². The van der Waals surface area contributed by atoms with Crippen molar-refractivity contribution in [1.82, 2.24) is 0 Å². The summed E-state index contributed by atoms with van der Waals surface area (Å²) in [4.78, 5) is 0. The summed E-state index contributed by atoms with van der Waals surface area (Å²) in [6.45, 7) is 0. The van der Waals surface area contributed by atoms with E-state index in [-0.39, 0.29) is 18.1 Å². The fraction of sp³-hybridized carbons (Fsp3) is 0. The summed E-state index contributed by atoms with van der Waals surface area (Å²) in [5.41, 5.74) is 7.78. The zero-order chi connectivity index (χ0) is 34.9. The van der Waals surface area contributed by atoms with Crippen molar-refractivity contribution in [2.45, 2.75) is 0 Å². The smallest absolute Gasteiger partial charge is 0.143 e. The summed E-state index contributed by atoms with van der Waals surface area (Å²) < 4.78 is 35.6. The monoisotopic (exact) mass is 625 g/mol. The van der Waals surface area contributed by atoms with Crippen LogP contribution in [0.5, 0.6) is 0 Å². The molecule has 49 heavy (non-hydrogen) atoms. The zero-order valence-corrected chi connectivity index (χ0v) is 26.5. The van der Waals surface area contributed by atoms with E-state index in [4.69, 9.17) is 4.42 Å². The minimum atomic E-state index is 0.180.